The Morgan fingerprint density at radius 2 is 2.27 bits per heavy atom. The Balaban J connectivity index is 2.09. The van der Waals surface area contributed by atoms with E-state index >= 15 is 0 Å². The van der Waals surface area contributed by atoms with E-state index in [-0.39, 0.29) is 0 Å². The Hall–Kier alpha value is -0.740. The van der Waals surface area contributed by atoms with Crippen LogP contribution in [-0.4, -0.2) is 36.6 Å². The molecule has 2 heterocycles. The van der Waals surface area contributed by atoms with Crippen LogP contribution in [0.5, 0.6) is 0 Å². The second-order valence-corrected chi connectivity index (χ2v) is 4.86. The van der Waals surface area contributed by atoms with Crippen LogP contribution in [0.3, 0.4) is 0 Å². The lowest BCUT2D eigenvalue weighted by Crippen LogP contribution is -2.32. The second kappa shape index (κ2) is 5.37. The van der Waals surface area contributed by atoms with Crippen molar-refractivity contribution in [2.24, 2.45) is 0 Å². The summed E-state index contributed by atoms with van der Waals surface area (Å²) < 4.78 is 0. The second-order valence-electron chi connectivity index (χ2n) is 3.64. The van der Waals surface area contributed by atoms with Crippen LogP contribution in [0.15, 0.2) is 18.3 Å². The van der Waals surface area contributed by atoms with E-state index in [0.29, 0.717) is 0 Å². The average Bonchev–Trinajstić information content (AvgIpc) is 2.31. The number of anilines is 1. The van der Waals surface area contributed by atoms with E-state index in [0.717, 1.165) is 25.3 Å². The third-order valence-electron chi connectivity index (χ3n) is 2.53. The molecule has 3 nitrogen and oxygen atoms in total. The molecule has 0 atom stereocenters. The van der Waals surface area contributed by atoms with E-state index in [4.69, 9.17) is 0 Å². The van der Waals surface area contributed by atoms with Crippen LogP contribution in [0.4, 0.5) is 5.69 Å². The summed E-state index contributed by atoms with van der Waals surface area (Å²) in [6, 6.07) is 4.29. The van der Waals surface area contributed by atoms with Crippen molar-refractivity contribution >= 4 is 17.4 Å². The standard InChI is InChI=1S/C11H17N3S/c1-12-9-10-8-11(2-3-13-10)14-4-6-15-7-5-14/h2-3,8,12H,4-7,9H2,1H3. The van der Waals surface area contributed by atoms with Gasteiger partial charge < -0.3 is 10.2 Å². The molecule has 0 unspecified atom stereocenters. The van der Waals surface area contributed by atoms with Crippen LogP contribution in [0.1, 0.15) is 5.69 Å². The Kier molecular flexibility index (Phi) is 3.86. The van der Waals surface area contributed by atoms with Crippen LogP contribution in [0.2, 0.25) is 0 Å². The lowest BCUT2D eigenvalue weighted by molar-refractivity contribution is 0.786. The highest BCUT2D eigenvalue weighted by Gasteiger charge is 2.11. The van der Waals surface area contributed by atoms with E-state index < -0.39 is 0 Å². The van der Waals surface area contributed by atoms with Gasteiger partial charge in [0.25, 0.3) is 0 Å². The number of pyridine rings is 1. The monoisotopic (exact) mass is 223 g/mol. The fourth-order valence-corrected chi connectivity index (χ4v) is 2.66. The van der Waals surface area contributed by atoms with Crippen molar-refractivity contribution in [2.45, 2.75) is 6.54 Å². The van der Waals surface area contributed by atoms with Crippen molar-refractivity contribution in [1.29, 1.82) is 0 Å². The van der Waals surface area contributed by atoms with Gasteiger partial charge in [0.2, 0.25) is 0 Å². The molecule has 1 N–H and O–H groups in total. The highest BCUT2D eigenvalue weighted by atomic mass is 32.2. The van der Waals surface area contributed by atoms with Gasteiger partial charge in [0, 0.05) is 43.0 Å². The van der Waals surface area contributed by atoms with Crippen molar-refractivity contribution < 1.29 is 0 Å². The van der Waals surface area contributed by atoms with Crippen LogP contribution in [0.25, 0.3) is 0 Å². The quantitative estimate of drug-likeness (QED) is 0.837. The molecular formula is C11H17N3S. The lowest BCUT2D eigenvalue weighted by atomic mass is 10.3. The summed E-state index contributed by atoms with van der Waals surface area (Å²) >= 11 is 2.04. The van der Waals surface area contributed by atoms with Gasteiger partial charge in [-0.1, -0.05) is 0 Å². The number of hydrogen-bond acceptors (Lipinski definition) is 4. The number of rotatable bonds is 3. The molecule has 0 saturated carbocycles. The van der Waals surface area contributed by atoms with Crippen LogP contribution < -0.4 is 10.2 Å². The predicted octanol–water partition coefficient (Wildman–Crippen LogP) is 1.35. The normalized spacial score (nSPS) is 16.7. The molecule has 4 heteroatoms. The molecule has 0 spiro atoms. The number of aromatic nitrogens is 1. The maximum atomic E-state index is 4.33. The van der Waals surface area contributed by atoms with Gasteiger partial charge in [0.1, 0.15) is 0 Å². The smallest absolute Gasteiger partial charge is 0.0562 e. The number of hydrogen-bond donors (Lipinski definition) is 1. The van der Waals surface area contributed by atoms with Crippen LogP contribution in [0, 0.1) is 0 Å². The summed E-state index contributed by atoms with van der Waals surface area (Å²) in [5, 5.41) is 3.13. The summed E-state index contributed by atoms with van der Waals surface area (Å²) in [6.07, 6.45) is 1.91. The summed E-state index contributed by atoms with van der Waals surface area (Å²) in [6.45, 7) is 3.16. The molecule has 0 aromatic carbocycles. The van der Waals surface area contributed by atoms with Crippen molar-refractivity contribution in [3.05, 3.63) is 24.0 Å². The molecule has 0 amide bonds. The van der Waals surface area contributed by atoms with Gasteiger partial charge in [0.05, 0.1) is 5.69 Å². The van der Waals surface area contributed by atoms with E-state index in [1.54, 1.807) is 0 Å². The highest BCUT2D eigenvalue weighted by molar-refractivity contribution is 7.99. The van der Waals surface area contributed by atoms with E-state index in [9.17, 15) is 0 Å². The van der Waals surface area contributed by atoms with Crippen molar-refractivity contribution in [1.82, 2.24) is 10.3 Å². The maximum Gasteiger partial charge on any atom is 0.0562 e. The van der Waals surface area contributed by atoms with Gasteiger partial charge in [-0.3, -0.25) is 4.98 Å². The summed E-state index contributed by atoms with van der Waals surface area (Å²) in [5.74, 6) is 2.48. The van der Waals surface area contributed by atoms with E-state index in [1.807, 2.05) is 25.0 Å². The SMILES string of the molecule is CNCc1cc(N2CCSCC2)ccn1. The Morgan fingerprint density at radius 3 is 3.00 bits per heavy atom. The molecule has 15 heavy (non-hydrogen) atoms. The van der Waals surface area contributed by atoms with Crippen molar-refractivity contribution in [3.8, 4) is 0 Å². The predicted molar refractivity (Wildman–Crippen MR) is 66.5 cm³/mol. The first-order valence-electron chi connectivity index (χ1n) is 5.32. The topological polar surface area (TPSA) is 28.2 Å². The first kappa shape index (κ1) is 10.8. The molecular weight excluding hydrogens is 206 g/mol. The van der Waals surface area contributed by atoms with Crippen molar-refractivity contribution in [2.75, 3.05) is 36.5 Å². The largest absolute Gasteiger partial charge is 0.370 e. The van der Waals surface area contributed by atoms with E-state index in [1.165, 1.54) is 17.2 Å². The molecule has 1 fully saturated rings. The van der Waals surface area contributed by atoms with Gasteiger partial charge in [-0.05, 0) is 19.2 Å². The average molecular weight is 223 g/mol. The maximum absolute atomic E-state index is 4.33. The molecule has 0 aliphatic carbocycles. The van der Waals surface area contributed by atoms with Gasteiger partial charge >= 0.3 is 0 Å². The summed E-state index contributed by atoms with van der Waals surface area (Å²) in [7, 11) is 1.95. The van der Waals surface area contributed by atoms with Crippen LogP contribution in [-0.2, 0) is 6.54 Å². The Labute approximate surface area is 95.3 Å². The molecule has 1 aliphatic heterocycles. The molecule has 82 valence electrons. The Bertz CT molecular complexity index is 310. The molecule has 2 rings (SSSR count). The number of nitrogens with one attached hydrogen (secondary N) is 1. The zero-order valence-corrected chi connectivity index (χ0v) is 9.89. The minimum absolute atomic E-state index is 0.844. The zero-order chi connectivity index (χ0) is 10.5. The summed E-state index contributed by atoms with van der Waals surface area (Å²) in [5.41, 5.74) is 2.43. The molecule has 0 radical (unpaired) electrons. The first-order valence-corrected chi connectivity index (χ1v) is 6.48. The minimum Gasteiger partial charge on any atom is -0.370 e. The fourth-order valence-electron chi connectivity index (χ4n) is 1.76. The molecule has 1 aromatic heterocycles. The molecule has 0 bridgehead atoms. The number of thioether (sulfide) groups is 1. The zero-order valence-electron chi connectivity index (χ0n) is 9.07. The number of nitrogens with zero attached hydrogens (tertiary/aromatic N) is 2. The first-order chi connectivity index (χ1) is 7.40. The minimum atomic E-state index is 0.844. The third-order valence-corrected chi connectivity index (χ3v) is 3.48. The third kappa shape index (κ3) is 2.86. The highest BCUT2D eigenvalue weighted by Crippen LogP contribution is 2.19. The van der Waals surface area contributed by atoms with Gasteiger partial charge in [-0.2, -0.15) is 11.8 Å². The summed E-state index contributed by atoms with van der Waals surface area (Å²) in [4.78, 5) is 6.77. The van der Waals surface area contributed by atoms with E-state index in [2.05, 4.69) is 27.3 Å². The molecule has 1 aliphatic rings. The molecule has 1 saturated heterocycles. The van der Waals surface area contributed by atoms with Crippen LogP contribution >= 0.6 is 11.8 Å². The van der Waals surface area contributed by atoms with Gasteiger partial charge in [-0.25, -0.2) is 0 Å². The molecule has 1 aromatic rings. The Morgan fingerprint density at radius 1 is 1.47 bits per heavy atom. The van der Waals surface area contributed by atoms with Gasteiger partial charge in [-0.15, -0.1) is 0 Å². The fraction of sp³-hybridized carbons (Fsp3) is 0.545. The lowest BCUT2D eigenvalue weighted by Gasteiger charge is -2.28. The van der Waals surface area contributed by atoms with Gasteiger partial charge in [0.15, 0.2) is 0 Å². The van der Waals surface area contributed by atoms with Crippen molar-refractivity contribution in [3.63, 3.8) is 0 Å².